The predicted octanol–water partition coefficient (Wildman–Crippen LogP) is 1.51. The zero-order valence-corrected chi connectivity index (χ0v) is 13.4. The van der Waals surface area contributed by atoms with Crippen molar-refractivity contribution in [2.75, 3.05) is 18.8 Å². The molecule has 1 radical (unpaired) electrons. The van der Waals surface area contributed by atoms with Crippen LogP contribution in [0.5, 0.6) is 0 Å². The highest BCUT2D eigenvalue weighted by Crippen LogP contribution is 2.21. The smallest absolute Gasteiger partial charge is 0.126 e. The van der Waals surface area contributed by atoms with Gasteiger partial charge in [0.25, 0.3) is 0 Å². The van der Waals surface area contributed by atoms with E-state index in [1.54, 1.807) is 18.1 Å². The van der Waals surface area contributed by atoms with E-state index in [4.69, 9.17) is 5.73 Å². The second kappa shape index (κ2) is 7.82. The summed E-state index contributed by atoms with van der Waals surface area (Å²) in [6.45, 7) is 2.07. The third kappa shape index (κ3) is 4.13. The fourth-order valence-electron chi connectivity index (χ4n) is 2.84. The number of hydrazone groups is 1. The Balaban J connectivity index is 1.39. The van der Waals surface area contributed by atoms with Crippen molar-refractivity contribution in [1.82, 2.24) is 26.7 Å². The molecule has 0 aliphatic carbocycles. The van der Waals surface area contributed by atoms with Crippen molar-refractivity contribution in [2.24, 2.45) is 5.10 Å². The summed E-state index contributed by atoms with van der Waals surface area (Å²) in [6, 6.07) is 10.3. The molecule has 7 heteroatoms. The molecule has 2 atom stereocenters. The Morgan fingerprint density at radius 1 is 1.36 bits per heavy atom. The lowest BCUT2D eigenvalue weighted by molar-refractivity contribution is 0.0195. The van der Waals surface area contributed by atoms with Crippen molar-refractivity contribution < 1.29 is 0 Å². The molecule has 1 fully saturated rings. The molecule has 1 aromatic carbocycles. The van der Waals surface area contributed by atoms with Gasteiger partial charge in [0.1, 0.15) is 12.5 Å². The number of likely N-dealkylation sites (tertiary alicyclic amines) is 1. The molecule has 1 aromatic rings. The molecular weight excluding hydrogens is 296 g/mol. The Morgan fingerprint density at radius 3 is 3.00 bits per heavy atom. The van der Waals surface area contributed by atoms with Gasteiger partial charge in [-0.05, 0) is 37.9 Å². The monoisotopic (exact) mass is 319 g/mol. The first-order chi connectivity index (χ1) is 10.8. The van der Waals surface area contributed by atoms with Gasteiger partial charge in [0.2, 0.25) is 0 Å². The van der Waals surface area contributed by atoms with Crippen LogP contribution >= 0.6 is 11.8 Å². The lowest BCUT2D eigenvalue weighted by Crippen LogP contribution is -2.53. The van der Waals surface area contributed by atoms with Gasteiger partial charge in [-0.1, -0.05) is 18.2 Å². The van der Waals surface area contributed by atoms with Crippen LogP contribution < -0.4 is 16.7 Å². The average molecular weight is 319 g/mol. The third-order valence-corrected chi connectivity index (χ3v) is 5.19. The molecule has 3 rings (SSSR count). The standard InChI is InChI=1S/C15H23N6S/c16-13(11-22-14-5-2-1-3-6-14)8-10-20-9-4-7-15(20)21-18-12-17-19-21/h1-3,5-6,12-13,15-16,19H,4,7-11H2,(H,17,18). The molecule has 119 valence electrons. The molecule has 2 heterocycles. The molecule has 0 aromatic heterocycles. The summed E-state index contributed by atoms with van der Waals surface area (Å²) in [5.74, 6) is 0.853. The van der Waals surface area contributed by atoms with Crippen molar-refractivity contribution in [3.05, 3.63) is 30.3 Å². The molecule has 0 saturated carbocycles. The molecule has 1 saturated heterocycles. The molecule has 2 unspecified atom stereocenters. The van der Waals surface area contributed by atoms with Crippen LogP contribution in [0.15, 0.2) is 40.3 Å². The van der Waals surface area contributed by atoms with Crippen LogP contribution in [0.4, 0.5) is 0 Å². The highest BCUT2D eigenvalue weighted by atomic mass is 32.2. The molecule has 2 aliphatic rings. The maximum Gasteiger partial charge on any atom is 0.126 e. The Labute approximate surface area is 136 Å². The SMILES string of the molecule is [NH]C(CCN1CCCC1N1NC=NN1)CSc1ccccc1. The summed E-state index contributed by atoms with van der Waals surface area (Å²) in [5, 5.41) is 5.92. The summed E-state index contributed by atoms with van der Waals surface area (Å²) >= 11 is 1.78. The van der Waals surface area contributed by atoms with Crippen LogP contribution in [0.3, 0.4) is 0 Å². The largest absolute Gasteiger partial charge is 0.287 e. The van der Waals surface area contributed by atoms with E-state index in [2.05, 4.69) is 33.1 Å². The fourth-order valence-corrected chi connectivity index (χ4v) is 3.75. The van der Waals surface area contributed by atoms with E-state index < -0.39 is 0 Å². The summed E-state index contributed by atoms with van der Waals surface area (Å²) in [7, 11) is 0. The number of thioether (sulfide) groups is 1. The summed E-state index contributed by atoms with van der Waals surface area (Å²) < 4.78 is 0. The van der Waals surface area contributed by atoms with Gasteiger partial charge in [0.05, 0.1) is 0 Å². The molecular formula is C15H23N6S. The van der Waals surface area contributed by atoms with E-state index >= 15 is 0 Å². The molecule has 0 spiro atoms. The summed E-state index contributed by atoms with van der Waals surface area (Å²) in [5.41, 5.74) is 14.3. The number of hydrogen-bond acceptors (Lipinski definition) is 6. The van der Waals surface area contributed by atoms with Gasteiger partial charge >= 0.3 is 0 Å². The number of hydrogen-bond donors (Lipinski definition) is 2. The lowest BCUT2D eigenvalue weighted by Gasteiger charge is -2.31. The normalized spacial score (nSPS) is 23.4. The zero-order chi connectivity index (χ0) is 15.2. The van der Waals surface area contributed by atoms with Crippen LogP contribution in [0.1, 0.15) is 19.3 Å². The average Bonchev–Trinajstić information content (AvgIpc) is 3.22. The maximum atomic E-state index is 8.24. The summed E-state index contributed by atoms with van der Waals surface area (Å²) in [4.78, 5) is 3.69. The minimum Gasteiger partial charge on any atom is -0.287 e. The predicted molar refractivity (Wildman–Crippen MR) is 89.9 cm³/mol. The highest BCUT2D eigenvalue weighted by molar-refractivity contribution is 7.99. The summed E-state index contributed by atoms with van der Waals surface area (Å²) in [6.07, 6.45) is 5.23. The van der Waals surface area contributed by atoms with E-state index in [1.165, 1.54) is 11.3 Å². The minimum absolute atomic E-state index is 0.0257. The van der Waals surface area contributed by atoms with Crippen molar-refractivity contribution >= 4 is 18.1 Å². The van der Waals surface area contributed by atoms with Crippen LogP contribution in [-0.4, -0.2) is 47.4 Å². The molecule has 0 amide bonds. The molecule has 22 heavy (non-hydrogen) atoms. The van der Waals surface area contributed by atoms with Crippen LogP contribution in [0.2, 0.25) is 0 Å². The van der Waals surface area contributed by atoms with Gasteiger partial charge in [-0.2, -0.15) is 5.10 Å². The number of nitrogens with zero attached hydrogens (tertiary/aromatic N) is 3. The Bertz CT molecular complexity index is 474. The Kier molecular flexibility index (Phi) is 5.55. The Hall–Kier alpha value is -1.28. The van der Waals surface area contributed by atoms with Gasteiger partial charge in [-0.15, -0.1) is 16.9 Å². The first-order valence-corrected chi connectivity index (χ1v) is 8.77. The van der Waals surface area contributed by atoms with E-state index in [0.717, 1.165) is 31.7 Å². The minimum atomic E-state index is -0.0257. The third-order valence-electron chi connectivity index (χ3n) is 4.01. The van der Waals surface area contributed by atoms with Crippen LogP contribution in [-0.2, 0) is 0 Å². The van der Waals surface area contributed by atoms with Crippen molar-refractivity contribution in [3.8, 4) is 0 Å². The van der Waals surface area contributed by atoms with Crippen molar-refractivity contribution in [2.45, 2.75) is 36.4 Å². The first kappa shape index (κ1) is 15.6. The van der Waals surface area contributed by atoms with E-state index in [0.29, 0.717) is 6.17 Å². The van der Waals surface area contributed by atoms with Crippen molar-refractivity contribution in [3.63, 3.8) is 0 Å². The number of hydrazine groups is 2. The molecule has 3 N–H and O–H groups in total. The number of benzene rings is 1. The second-order valence-corrected chi connectivity index (χ2v) is 6.72. The van der Waals surface area contributed by atoms with E-state index in [9.17, 15) is 0 Å². The van der Waals surface area contributed by atoms with E-state index in [-0.39, 0.29) is 6.04 Å². The molecule has 2 aliphatic heterocycles. The zero-order valence-electron chi connectivity index (χ0n) is 12.6. The van der Waals surface area contributed by atoms with E-state index in [1.807, 2.05) is 23.3 Å². The fraction of sp³-hybridized carbons (Fsp3) is 0.533. The Morgan fingerprint density at radius 2 is 2.23 bits per heavy atom. The van der Waals surface area contributed by atoms with Gasteiger partial charge in [-0.25, -0.2) is 5.53 Å². The van der Waals surface area contributed by atoms with Gasteiger partial charge in [-0.3, -0.25) is 16.1 Å². The topological polar surface area (TPSA) is 66.7 Å². The number of nitrogens with one attached hydrogen (secondary N) is 3. The first-order valence-electron chi connectivity index (χ1n) is 7.78. The van der Waals surface area contributed by atoms with Crippen LogP contribution in [0.25, 0.3) is 0 Å². The van der Waals surface area contributed by atoms with Gasteiger partial charge in [0.15, 0.2) is 0 Å². The maximum absolute atomic E-state index is 8.24. The highest BCUT2D eigenvalue weighted by Gasteiger charge is 2.31. The second-order valence-electron chi connectivity index (χ2n) is 5.63. The number of rotatable bonds is 7. The molecule has 6 nitrogen and oxygen atoms in total. The van der Waals surface area contributed by atoms with Crippen LogP contribution in [0, 0.1) is 0 Å². The van der Waals surface area contributed by atoms with Gasteiger partial charge < -0.3 is 0 Å². The quantitative estimate of drug-likeness (QED) is 0.746. The lowest BCUT2D eigenvalue weighted by atomic mass is 10.2. The molecule has 0 bridgehead atoms. The van der Waals surface area contributed by atoms with Crippen molar-refractivity contribution in [1.29, 1.82) is 0 Å². The van der Waals surface area contributed by atoms with Gasteiger partial charge in [0, 0.05) is 23.2 Å².